The lowest BCUT2D eigenvalue weighted by molar-refractivity contribution is 0.141. The minimum atomic E-state index is 0.823. The molecule has 0 spiro atoms. The van der Waals surface area contributed by atoms with Gasteiger partial charge in [-0.2, -0.15) is 0 Å². The summed E-state index contributed by atoms with van der Waals surface area (Å²) < 4.78 is 7.63. The van der Waals surface area contributed by atoms with Crippen LogP contribution in [-0.4, -0.2) is 17.8 Å². The van der Waals surface area contributed by atoms with Crippen LogP contribution in [0.25, 0.3) is 0 Å². The summed E-state index contributed by atoms with van der Waals surface area (Å²) in [6.45, 7) is 9.09. The Kier molecular flexibility index (Phi) is 4.03. The molecule has 0 saturated heterocycles. The minimum absolute atomic E-state index is 0.823. The van der Waals surface area contributed by atoms with Gasteiger partial charge in [0.2, 0.25) is 0 Å². The summed E-state index contributed by atoms with van der Waals surface area (Å²) in [6.07, 6.45) is 1.10. The maximum Gasteiger partial charge on any atom is 0.0482 e. The fourth-order valence-electron chi connectivity index (χ4n) is 1.52. The van der Waals surface area contributed by atoms with Crippen LogP contribution in [0.1, 0.15) is 24.7 Å². The molecule has 2 nitrogen and oxygen atoms in total. The molecule has 0 atom stereocenters. The van der Waals surface area contributed by atoms with E-state index < -0.39 is 0 Å². The molecule has 1 rings (SSSR count). The zero-order valence-corrected chi connectivity index (χ0v) is 8.84. The molecular weight excluding hydrogens is 162 g/mol. The molecule has 0 aliphatic heterocycles. The van der Waals surface area contributed by atoms with E-state index in [1.807, 2.05) is 6.92 Å². The Balaban J connectivity index is 2.36. The molecule has 74 valence electrons. The van der Waals surface area contributed by atoms with Crippen LogP contribution < -0.4 is 0 Å². The van der Waals surface area contributed by atoms with Crippen molar-refractivity contribution in [2.45, 2.75) is 33.7 Å². The number of aryl methyl sites for hydroxylation is 2. The molecule has 0 saturated carbocycles. The third-order valence-corrected chi connectivity index (χ3v) is 2.29. The second-order valence-corrected chi connectivity index (χ2v) is 3.32. The van der Waals surface area contributed by atoms with Crippen LogP contribution in [0.3, 0.4) is 0 Å². The first kappa shape index (κ1) is 10.3. The zero-order valence-electron chi connectivity index (χ0n) is 8.84. The average Bonchev–Trinajstić information content (AvgIpc) is 2.42. The van der Waals surface area contributed by atoms with E-state index in [0.29, 0.717) is 0 Å². The van der Waals surface area contributed by atoms with Gasteiger partial charge in [0.05, 0.1) is 0 Å². The van der Waals surface area contributed by atoms with Gasteiger partial charge >= 0.3 is 0 Å². The van der Waals surface area contributed by atoms with Crippen molar-refractivity contribution in [1.29, 1.82) is 0 Å². The number of nitrogens with zero attached hydrogens (tertiary/aromatic N) is 1. The van der Waals surface area contributed by atoms with Crippen molar-refractivity contribution in [3.8, 4) is 0 Å². The van der Waals surface area contributed by atoms with E-state index in [1.54, 1.807) is 0 Å². The highest BCUT2D eigenvalue weighted by atomic mass is 16.5. The van der Waals surface area contributed by atoms with Gasteiger partial charge in [0, 0.05) is 31.1 Å². The minimum Gasteiger partial charge on any atom is -0.382 e. The SMILES string of the molecule is CCOCCCn1c(C)ccc1C. The van der Waals surface area contributed by atoms with Gasteiger partial charge in [-0.3, -0.25) is 0 Å². The van der Waals surface area contributed by atoms with Gasteiger partial charge in [0.1, 0.15) is 0 Å². The summed E-state index contributed by atoms with van der Waals surface area (Å²) in [6, 6.07) is 4.33. The van der Waals surface area contributed by atoms with Crippen LogP contribution in [0.15, 0.2) is 12.1 Å². The molecule has 0 radical (unpaired) electrons. The molecule has 0 amide bonds. The van der Waals surface area contributed by atoms with E-state index in [2.05, 4.69) is 30.5 Å². The fourth-order valence-corrected chi connectivity index (χ4v) is 1.52. The smallest absolute Gasteiger partial charge is 0.0482 e. The monoisotopic (exact) mass is 181 g/mol. The summed E-state index contributed by atoms with van der Waals surface area (Å²) >= 11 is 0. The summed E-state index contributed by atoms with van der Waals surface area (Å²) in [5, 5.41) is 0. The predicted molar refractivity (Wildman–Crippen MR) is 55.0 cm³/mol. The quantitative estimate of drug-likeness (QED) is 0.637. The normalized spacial score (nSPS) is 10.7. The third kappa shape index (κ3) is 2.88. The predicted octanol–water partition coefficient (Wildman–Crippen LogP) is 2.53. The molecule has 1 aromatic heterocycles. The van der Waals surface area contributed by atoms with E-state index in [0.717, 1.165) is 26.2 Å². The van der Waals surface area contributed by atoms with Gasteiger partial charge in [-0.25, -0.2) is 0 Å². The van der Waals surface area contributed by atoms with Gasteiger partial charge < -0.3 is 9.30 Å². The Morgan fingerprint density at radius 3 is 2.38 bits per heavy atom. The summed E-state index contributed by atoms with van der Waals surface area (Å²) in [5.41, 5.74) is 2.68. The van der Waals surface area contributed by atoms with E-state index in [4.69, 9.17) is 4.74 Å². The molecule has 0 bridgehead atoms. The number of hydrogen-bond donors (Lipinski definition) is 0. The molecule has 0 aromatic carbocycles. The highest BCUT2D eigenvalue weighted by molar-refractivity contribution is 5.13. The Morgan fingerprint density at radius 1 is 1.23 bits per heavy atom. The first-order valence-electron chi connectivity index (χ1n) is 4.96. The molecule has 13 heavy (non-hydrogen) atoms. The topological polar surface area (TPSA) is 14.2 Å². The maximum absolute atomic E-state index is 5.30. The van der Waals surface area contributed by atoms with Crippen molar-refractivity contribution in [3.63, 3.8) is 0 Å². The number of hydrogen-bond acceptors (Lipinski definition) is 1. The fraction of sp³-hybridized carbons (Fsp3) is 0.636. The van der Waals surface area contributed by atoms with Gasteiger partial charge in [0.25, 0.3) is 0 Å². The van der Waals surface area contributed by atoms with Crippen molar-refractivity contribution in [2.24, 2.45) is 0 Å². The van der Waals surface area contributed by atoms with Crippen molar-refractivity contribution < 1.29 is 4.74 Å². The van der Waals surface area contributed by atoms with Crippen LogP contribution in [0.4, 0.5) is 0 Å². The summed E-state index contributed by atoms with van der Waals surface area (Å²) in [4.78, 5) is 0. The molecule has 0 aliphatic rings. The van der Waals surface area contributed by atoms with E-state index in [-0.39, 0.29) is 0 Å². The van der Waals surface area contributed by atoms with Crippen LogP contribution in [0.2, 0.25) is 0 Å². The molecule has 0 fully saturated rings. The van der Waals surface area contributed by atoms with Crippen LogP contribution in [-0.2, 0) is 11.3 Å². The maximum atomic E-state index is 5.30. The summed E-state index contributed by atoms with van der Waals surface area (Å²) in [5.74, 6) is 0. The lowest BCUT2D eigenvalue weighted by atomic mass is 10.4. The van der Waals surface area contributed by atoms with E-state index in [1.165, 1.54) is 11.4 Å². The molecule has 2 heteroatoms. The molecule has 0 unspecified atom stereocenters. The first-order chi connectivity index (χ1) is 6.25. The van der Waals surface area contributed by atoms with Crippen LogP contribution in [0, 0.1) is 13.8 Å². The first-order valence-corrected chi connectivity index (χ1v) is 4.96. The van der Waals surface area contributed by atoms with Crippen molar-refractivity contribution in [2.75, 3.05) is 13.2 Å². The van der Waals surface area contributed by atoms with Crippen molar-refractivity contribution >= 4 is 0 Å². The second-order valence-electron chi connectivity index (χ2n) is 3.32. The standard InChI is InChI=1S/C11H19NO/c1-4-13-9-5-8-12-10(2)6-7-11(12)3/h6-7H,4-5,8-9H2,1-3H3. The average molecular weight is 181 g/mol. The van der Waals surface area contributed by atoms with Crippen LogP contribution in [0.5, 0.6) is 0 Å². The molecule has 1 heterocycles. The highest BCUT2D eigenvalue weighted by Crippen LogP contribution is 2.07. The second kappa shape index (κ2) is 5.07. The molecule has 1 aromatic rings. The van der Waals surface area contributed by atoms with Crippen molar-refractivity contribution in [1.82, 2.24) is 4.57 Å². The summed E-state index contributed by atoms with van der Waals surface area (Å²) in [7, 11) is 0. The molecule has 0 aliphatic carbocycles. The largest absolute Gasteiger partial charge is 0.382 e. The van der Waals surface area contributed by atoms with Crippen molar-refractivity contribution in [3.05, 3.63) is 23.5 Å². The Hall–Kier alpha value is -0.760. The van der Waals surface area contributed by atoms with Gasteiger partial charge in [-0.1, -0.05) is 0 Å². The van der Waals surface area contributed by atoms with Crippen LogP contribution >= 0.6 is 0 Å². The zero-order chi connectivity index (χ0) is 9.68. The van der Waals surface area contributed by atoms with Gasteiger partial charge in [-0.05, 0) is 39.3 Å². The Bertz CT molecular complexity index is 233. The molecular formula is C11H19NO. The van der Waals surface area contributed by atoms with Gasteiger partial charge in [-0.15, -0.1) is 0 Å². The number of rotatable bonds is 5. The van der Waals surface area contributed by atoms with E-state index in [9.17, 15) is 0 Å². The van der Waals surface area contributed by atoms with Gasteiger partial charge in [0.15, 0.2) is 0 Å². The lowest BCUT2D eigenvalue weighted by Crippen LogP contribution is -2.05. The van der Waals surface area contributed by atoms with E-state index >= 15 is 0 Å². The number of ether oxygens (including phenoxy) is 1. The third-order valence-electron chi connectivity index (χ3n) is 2.29. The Morgan fingerprint density at radius 2 is 1.85 bits per heavy atom. The number of aromatic nitrogens is 1. The lowest BCUT2D eigenvalue weighted by Gasteiger charge is -2.08. The Labute approximate surface area is 80.5 Å². The molecule has 0 N–H and O–H groups in total. The highest BCUT2D eigenvalue weighted by Gasteiger charge is 1.99.